The molecule has 0 unspecified atom stereocenters. The van der Waals surface area contributed by atoms with E-state index in [4.69, 9.17) is 5.73 Å². The van der Waals surface area contributed by atoms with Crippen molar-refractivity contribution in [3.8, 4) is 5.75 Å². The number of nitrogens with two attached hydrogens (primary N) is 1. The maximum absolute atomic E-state index is 9.74. The van der Waals surface area contributed by atoms with Crippen molar-refractivity contribution < 1.29 is 5.11 Å². The molecule has 68 valence electrons. The van der Waals surface area contributed by atoms with Crippen LogP contribution < -0.4 is 5.73 Å². The SMILES string of the molecule is Cc1ccc2sc(CN)c(O)c2c1. The van der Waals surface area contributed by atoms with Gasteiger partial charge in [-0.3, -0.25) is 0 Å². The number of hydrogen-bond acceptors (Lipinski definition) is 3. The smallest absolute Gasteiger partial charge is 0.138 e. The number of rotatable bonds is 1. The number of aromatic hydroxyl groups is 1. The van der Waals surface area contributed by atoms with Crippen molar-refractivity contribution in [3.63, 3.8) is 0 Å². The third kappa shape index (κ3) is 1.30. The molecule has 3 heteroatoms. The van der Waals surface area contributed by atoms with Crippen molar-refractivity contribution in [3.05, 3.63) is 28.6 Å². The summed E-state index contributed by atoms with van der Waals surface area (Å²) in [5.41, 5.74) is 6.66. The quantitative estimate of drug-likeness (QED) is 0.730. The van der Waals surface area contributed by atoms with Crippen molar-refractivity contribution in [2.45, 2.75) is 13.5 Å². The molecule has 1 aromatic carbocycles. The molecule has 0 aliphatic carbocycles. The Labute approximate surface area is 80.6 Å². The Morgan fingerprint density at radius 1 is 1.46 bits per heavy atom. The van der Waals surface area contributed by atoms with Gasteiger partial charge in [-0.15, -0.1) is 11.3 Å². The monoisotopic (exact) mass is 193 g/mol. The lowest BCUT2D eigenvalue weighted by Gasteiger charge is -1.93. The van der Waals surface area contributed by atoms with E-state index in [-0.39, 0.29) is 0 Å². The van der Waals surface area contributed by atoms with Crippen LogP contribution in [0, 0.1) is 6.92 Å². The van der Waals surface area contributed by atoms with E-state index >= 15 is 0 Å². The van der Waals surface area contributed by atoms with Gasteiger partial charge in [-0.25, -0.2) is 0 Å². The zero-order chi connectivity index (χ0) is 9.42. The predicted octanol–water partition coefficient (Wildman–Crippen LogP) is 2.37. The summed E-state index contributed by atoms with van der Waals surface area (Å²) in [6.45, 7) is 2.42. The summed E-state index contributed by atoms with van der Waals surface area (Å²) in [5.74, 6) is 0.353. The van der Waals surface area contributed by atoms with Gasteiger partial charge in [0.05, 0.1) is 4.88 Å². The topological polar surface area (TPSA) is 46.2 Å². The van der Waals surface area contributed by atoms with E-state index in [1.807, 2.05) is 25.1 Å². The van der Waals surface area contributed by atoms with Crippen LogP contribution in [-0.2, 0) is 6.54 Å². The Bertz CT molecular complexity index is 447. The molecule has 0 saturated carbocycles. The van der Waals surface area contributed by atoms with E-state index in [0.29, 0.717) is 12.3 Å². The van der Waals surface area contributed by atoms with Crippen LogP contribution >= 0.6 is 11.3 Å². The minimum absolute atomic E-state index is 0.353. The van der Waals surface area contributed by atoms with Crippen LogP contribution in [0.1, 0.15) is 10.4 Å². The van der Waals surface area contributed by atoms with Crippen LogP contribution in [0.2, 0.25) is 0 Å². The molecule has 0 aliphatic heterocycles. The van der Waals surface area contributed by atoms with E-state index in [2.05, 4.69) is 0 Å². The molecule has 0 radical (unpaired) electrons. The average Bonchev–Trinajstić information content (AvgIpc) is 2.44. The zero-order valence-electron chi connectivity index (χ0n) is 7.37. The molecule has 0 fully saturated rings. The van der Waals surface area contributed by atoms with E-state index in [9.17, 15) is 5.11 Å². The second-order valence-electron chi connectivity index (χ2n) is 3.08. The molecule has 0 atom stereocenters. The van der Waals surface area contributed by atoms with Crippen LogP contribution in [0.15, 0.2) is 18.2 Å². The lowest BCUT2D eigenvalue weighted by atomic mass is 10.2. The fourth-order valence-electron chi connectivity index (χ4n) is 1.39. The highest BCUT2D eigenvalue weighted by molar-refractivity contribution is 7.19. The molecule has 0 amide bonds. The first-order valence-electron chi connectivity index (χ1n) is 4.13. The highest BCUT2D eigenvalue weighted by Crippen LogP contribution is 2.36. The first-order valence-corrected chi connectivity index (χ1v) is 4.95. The first kappa shape index (κ1) is 8.53. The number of benzene rings is 1. The molecule has 1 heterocycles. The van der Waals surface area contributed by atoms with E-state index < -0.39 is 0 Å². The van der Waals surface area contributed by atoms with Gasteiger partial charge >= 0.3 is 0 Å². The number of hydrogen-bond donors (Lipinski definition) is 2. The van der Waals surface area contributed by atoms with Crippen LogP contribution in [-0.4, -0.2) is 5.11 Å². The van der Waals surface area contributed by atoms with Crippen molar-refractivity contribution in [2.24, 2.45) is 5.73 Å². The number of thiophene rings is 1. The van der Waals surface area contributed by atoms with Crippen molar-refractivity contribution in [1.82, 2.24) is 0 Å². The minimum atomic E-state index is 0.353. The molecule has 0 aliphatic rings. The van der Waals surface area contributed by atoms with Gasteiger partial charge in [-0.1, -0.05) is 11.6 Å². The summed E-state index contributed by atoms with van der Waals surface area (Å²) >= 11 is 1.56. The summed E-state index contributed by atoms with van der Waals surface area (Å²) in [7, 11) is 0. The fourth-order valence-corrected chi connectivity index (χ4v) is 2.34. The molecule has 3 N–H and O–H groups in total. The Kier molecular flexibility index (Phi) is 1.98. The van der Waals surface area contributed by atoms with Gasteiger partial charge < -0.3 is 10.8 Å². The van der Waals surface area contributed by atoms with Crippen LogP contribution in [0.3, 0.4) is 0 Å². The number of aryl methyl sites for hydroxylation is 1. The van der Waals surface area contributed by atoms with Gasteiger partial charge in [-0.05, 0) is 19.1 Å². The van der Waals surface area contributed by atoms with Gasteiger partial charge in [0.15, 0.2) is 0 Å². The van der Waals surface area contributed by atoms with Crippen molar-refractivity contribution in [1.29, 1.82) is 0 Å². The maximum Gasteiger partial charge on any atom is 0.138 e. The second-order valence-corrected chi connectivity index (χ2v) is 4.21. The molecule has 0 bridgehead atoms. The van der Waals surface area contributed by atoms with Gasteiger partial charge in [0.1, 0.15) is 5.75 Å². The second kappa shape index (κ2) is 3.01. The molecule has 13 heavy (non-hydrogen) atoms. The van der Waals surface area contributed by atoms with Crippen LogP contribution in [0.5, 0.6) is 5.75 Å². The van der Waals surface area contributed by atoms with Crippen LogP contribution in [0.4, 0.5) is 0 Å². The maximum atomic E-state index is 9.74. The average molecular weight is 193 g/mol. The van der Waals surface area contributed by atoms with E-state index in [0.717, 1.165) is 20.5 Å². The molecular weight excluding hydrogens is 182 g/mol. The molecule has 2 aromatic rings. The summed E-state index contributed by atoms with van der Waals surface area (Å²) in [4.78, 5) is 0.862. The highest BCUT2D eigenvalue weighted by atomic mass is 32.1. The normalized spacial score (nSPS) is 10.9. The van der Waals surface area contributed by atoms with Gasteiger partial charge in [-0.2, -0.15) is 0 Å². The van der Waals surface area contributed by atoms with Gasteiger partial charge in [0.25, 0.3) is 0 Å². The Morgan fingerprint density at radius 2 is 2.23 bits per heavy atom. The highest BCUT2D eigenvalue weighted by Gasteiger charge is 2.08. The lowest BCUT2D eigenvalue weighted by molar-refractivity contribution is 0.478. The van der Waals surface area contributed by atoms with Crippen molar-refractivity contribution >= 4 is 21.4 Å². The van der Waals surface area contributed by atoms with Gasteiger partial charge in [0, 0.05) is 16.6 Å². The largest absolute Gasteiger partial charge is 0.506 e. The molecule has 0 spiro atoms. The standard InChI is InChI=1S/C10H11NOS/c1-6-2-3-8-7(4-6)10(12)9(5-11)13-8/h2-4,12H,5,11H2,1H3. The van der Waals surface area contributed by atoms with Crippen molar-refractivity contribution in [2.75, 3.05) is 0 Å². The summed E-state index contributed by atoms with van der Waals surface area (Å²) < 4.78 is 1.10. The fraction of sp³-hybridized carbons (Fsp3) is 0.200. The Balaban J connectivity index is 2.77. The van der Waals surface area contributed by atoms with E-state index in [1.165, 1.54) is 0 Å². The molecule has 2 rings (SSSR count). The summed E-state index contributed by atoms with van der Waals surface area (Å²) in [5, 5.41) is 10.7. The number of fused-ring (bicyclic) bond motifs is 1. The Hall–Kier alpha value is -1.06. The molecule has 0 saturated heterocycles. The zero-order valence-corrected chi connectivity index (χ0v) is 8.19. The molecular formula is C10H11NOS. The summed E-state index contributed by atoms with van der Waals surface area (Å²) in [6, 6.07) is 6.05. The molecule has 2 nitrogen and oxygen atoms in total. The molecule has 1 aromatic heterocycles. The first-order chi connectivity index (χ1) is 6.22. The van der Waals surface area contributed by atoms with Crippen LogP contribution in [0.25, 0.3) is 10.1 Å². The third-order valence-corrected chi connectivity index (χ3v) is 3.26. The minimum Gasteiger partial charge on any atom is -0.506 e. The van der Waals surface area contributed by atoms with Gasteiger partial charge in [0.2, 0.25) is 0 Å². The lowest BCUT2D eigenvalue weighted by Crippen LogP contribution is -1.92. The Morgan fingerprint density at radius 3 is 2.92 bits per heavy atom. The third-order valence-electron chi connectivity index (χ3n) is 2.07. The summed E-state index contributed by atoms with van der Waals surface area (Å²) in [6.07, 6.45) is 0. The predicted molar refractivity (Wildman–Crippen MR) is 56.1 cm³/mol. The van der Waals surface area contributed by atoms with E-state index in [1.54, 1.807) is 11.3 Å².